The first-order valence-corrected chi connectivity index (χ1v) is 7.41. The van der Waals surface area contributed by atoms with Crippen molar-refractivity contribution in [2.45, 2.75) is 43.8 Å². The summed E-state index contributed by atoms with van der Waals surface area (Å²) in [6.45, 7) is 0. The summed E-state index contributed by atoms with van der Waals surface area (Å²) in [5.41, 5.74) is 5.22. The summed E-state index contributed by atoms with van der Waals surface area (Å²) in [6, 6.07) is 0. The number of nitrogen functional groups attached to an aromatic ring is 1. The topological polar surface area (TPSA) is 63.8 Å². The fourth-order valence-electron chi connectivity index (χ4n) is 2.66. The molecule has 0 radical (unpaired) electrons. The highest BCUT2D eigenvalue weighted by molar-refractivity contribution is 7.99. The molecule has 1 aromatic rings. The van der Waals surface area contributed by atoms with Crippen LogP contribution in [0.4, 0.5) is 5.82 Å². The molecule has 2 aliphatic rings. The standard InChI is InChI=1S/C12H18N4S/c13-16-11-8-4-1-2-5-9(8)14-12(15-11)10-6-3-7-17-10/h10H,1-7,13H2,(H,14,15,16). The molecule has 3 N–H and O–H groups in total. The van der Waals surface area contributed by atoms with Gasteiger partial charge in [0.1, 0.15) is 11.6 Å². The van der Waals surface area contributed by atoms with Gasteiger partial charge in [0.15, 0.2) is 0 Å². The molecule has 1 aromatic heterocycles. The second-order valence-corrected chi connectivity index (χ2v) is 6.02. The molecule has 3 rings (SSSR count). The molecule has 0 bridgehead atoms. The molecule has 1 aliphatic heterocycles. The molecule has 4 nitrogen and oxygen atoms in total. The lowest BCUT2D eigenvalue weighted by atomic mass is 9.96. The zero-order chi connectivity index (χ0) is 11.7. The second-order valence-electron chi connectivity index (χ2n) is 4.71. The first-order chi connectivity index (χ1) is 8.38. The Kier molecular flexibility index (Phi) is 3.20. The summed E-state index contributed by atoms with van der Waals surface area (Å²) < 4.78 is 0. The van der Waals surface area contributed by atoms with Gasteiger partial charge in [0.05, 0.1) is 5.25 Å². The molecule has 1 aliphatic carbocycles. The van der Waals surface area contributed by atoms with Gasteiger partial charge >= 0.3 is 0 Å². The zero-order valence-electron chi connectivity index (χ0n) is 9.91. The zero-order valence-corrected chi connectivity index (χ0v) is 10.7. The monoisotopic (exact) mass is 250 g/mol. The van der Waals surface area contributed by atoms with Gasteiger partial charge in [-0.15, -0.1) is 0 Å². The number of aromatic nitrogens is 2. The van der Waals surface area contributed by atoms with Crippen LogP contribution in [0.15, 0.2) is 0 Å². The third-order valence-corrected chi connectivity index (χ3v) is 4.93. The Morgan fingerprint density at radius 2 is 2.06 bits per heavy atom. The van der Waals surface area contributed by atoms with Crippen molar-refractivity contribution in [3.05, 3.63) is 17.1 Å². The molecular weight excluding hydrogens is 232 g/mol. The second kappa shape index (κ2) is 4.82. The van der Waals surface area contributed by atoms with Crippen LogP contribution in [0.1, 0.15) is 48.0 Å². The van der Waals surface area contributed by atoms with Crippen molar-refractivity contribution in [3.8, 4) is 0 Å². The number of nitrogens with zero attached hydrogens (tertiary/aromatic N) is 2. The molecule has 1 atom stereocenters. The minimum absolute atomic E-state index is 0.481. The third kappa shape index (κ3) is 2.13. The van der Waals surface area contributed by atoms with E-state index >= 15 is 0 Å². The first kappa shape index (κ1) is 11.3. The van der Waals surface area contributed by atoms with Crippen LogP contribution in [0, 0.1) is 0 Å². The van der Waals surface area contributed by atoms with E-state index in [0.717, 1.165) is 24.5 Å². The Hall–Kier alpha value is -0.810. The van der Waals surface area contributed by atoms with Gasteiger partial charge in [0.2, 0.25) is 0 Å². The van der Waals surface area contributed by atoms with Crippen LogP contribution in [-0.2, 0) is 12.8 Å². The number of nitrogens with one attached hydrogen (secondary N) is 1. The number of hydrogen-bond acceptors (Lipinski definition) is 5. The summed E-state index contributed by atoms with van der Waals surface area (Å²) in [5.74, 6) is 8.67. The van der Waals surface area contributed by atoms with Gasteiger partial charge < -0.3 is 5.43 Å². The number of anilines is 1. The Morgan fingerprint density at radius 1 is 1.18 bits per heavy atom. The van der Waals surface area contributed by atoms with Crippen LogP contribution < -0.4 is 11.3 Å². The summed E-state index contributed by atoms with van der Waals surface area (Å²) in [4.78, 5) is 9.39. The Morgan fingerprint density at radius 3 is 2.82 bits per heavy atom. The van der Waals surface area contributed by atoms with E-state index < -0.39 is 0 Å². The fourth-order valence-corrected chi connectivity index (χ4v) is 3.86. The van der Waals surface area contributed by atoms with Gasteiger partial charge in [-0.2, -0.15) is 11.8 Å². The van der Waals surface area contributed by atoms with Gasteiger partial charge in [0.25, 0.3) is 0 Å². The lowest BCUT2D eigenvalue weighted by molar-refractivity contribution is 0.650. The number of hydrogen-bond donors (Lipinski definition) is 2. The Balaban J connectivity index is 1.99. The summed E-state index contributed by atoms with van der Waals surface area (Å²) in [5, 5.41) is 0.481. The lowest BCUT2D eigenvalue weighted by Gasteiger charge is -2.20. The van der Waals surface area contributed by atoms with Gasteiger partial charge in [-0.05, 0) is 44.3 Å². The maximum atomic E-state index is 5.59. The van der Waals surface area contributed by atoms with Crippen LogP contribution in [-0.4, -0.2) is 15.7 Å². The summed E-state index contributed by atoms with van der Waals surface area (Å²) in [7, 11) is 0. The van der Waals surface area contributed by atoms with Crippen molar-refractivity contribution in [2.24, 2.45) is 5.84 Å². The van der Waals surface area contributed by atoms with Crippen LogP contribution in [0.5, 0.6) is 0 Å². The number of thioether (sulfide) groups is 1. The number of fused-ring (bicyclic) bond motifs is 1. The molecule has 1 fully saturated rings. The molecule has 1 saturated heterocycles. The molecule has 17 heavy (non-hydrogen) atoms. The van der Waals surface area contributed by atoms with Crippen molar-refractivity contribution in [1.82, 2.24) is 9.97 Å². The van der Waals surface area contributed by atoms with E-state index in [1.165, 1.54) is 42.7 Å². The molecule has 0 amide bonds. The van der Waals surface area contributed by atoms with Crippen molar-refractivity contribution in [1.29, 1.82) is 0 Å². The highest BCUT2D eigenvalue weighted by Crippen LogP contribution is 2.39. The normalized spacial score (nSPS) is 23.5. The summed E-state index contributed by atoms with van der Waals surface area (Å²) in [6.07, 6.45) is 7.09. The largest absolute Gasteiger partial charge is 0.308 e. The van der Waals surface area contributed by atoms with Crippen molar-refractivity contribution < 1.29 is 0 Å². The number of hydrazine groups is 1. The SMILES string of the molecule is NNc1nc(C2CCCS2)nc2c1CCCC2. The average molecular weight is 250 g/mol. The first-order valence-electron chi connectivity index (χ1n) is 6.36. The molecule has 5 heteroatoms. The molecule has 92 valence electrons. The van der Waals surface area contributed by atoms with Crippen molar-refractivity contribution >= 4 is 17.6 Å². The van der Waals surface area contributed by atoms with E-state index in [1.54, 1.807) is 0 Å². The minimum Gasteiger partial charge on any atom is -0.308 e. The van der Waals surface area contributed by atoms with Crippen LogP contribution >= 0.6 is 11.8 Å². The van der Waals surface area contributed by atoms with E-state index in [-0.39, 0.29) is 0 Å². The summed E-state index contributed by atoms with van der Waals surface area (Å²) >= 11 is 1.97. The molecule has 0 spiro atoms. The molecule has 0 saturated carbocycles. The van der Waals surface area contributed by atoms with Crippen LogP contribution in [0.2, 0.25) is 0 Å². The van der Waals surface area contributed by atoms with E-state index in [9.17, 15) is 0 Å². The third-order valence-electron chi connectivity index (χ3n) is 3.55. The van der Waals surface area contributed by atoms with E-state index in [2.05, 4.69) is 10.4 Å². The predicted molar refractivity (Wildman–Crippen MR) is 70.9 cm³/mol. The minimum atomic E-state index is 0.481. The predicted octanol–water partition coefficient (Wildman–Crippen LogP) is 2.21. The maximum Gasteiger partial charge on any atom is 0.147 e. The lowest BCUT2D eigenvalue weighted by Crippen LogP contribution is -2.18. The molecule has 1 unspecified atom stereocenters. The Bertz CT molecular complexity index is 398. The van der Waals surface area contributed by atoms with Gasteiger partial charge in [0, 0.05) is 11.3 Å². The van der Waals surface area contributed by atoms with Crippen molar-refractivity contribution in [3.63, 3.8) is 0 Å². The highest BCUT2D eigenvalue weighted by atomic mass is 32.2. The number of aryl methyl sites for hydroxylation is 1. The Labute approximate surface area is 106 Å². The van der Waals surface area contributed by atoms with E-state index in [4.69, 9.17) is 10.8 Å². The van der Waals surface area contributed by atoms with Crippen LogP contribution in [0.3, 0.4) is 0 Å². The number of rotatable bonds is 2. The van der Waals surface area contributed by atoms with Crippen molar-refractivity contribution in [2.75, 3.05) is 11.2 Å². The molecule has 2 heterocycles. The van der Waals surface area contributed by atoms with E-state index in [0.29, 0.717) is 5.25 Å². The number of nitrogens with two attached hydrogens (primary N) is 1. The highest BCUT2D eigenvalue weighted by Gasteiger charge is 2.24. The molecular formula is C12H18N4S. The fraction of sp³-hybridized carbons (Fsp3) is 0.667. The quantitative estimate of drug-likeness (QED) is 0.622. The van der Waals surface area contributed by atoms with E-state index in [1.807, 2.05) is 11.8 Å². The van der Waals surface area contributed by atoms with Crippen LogP contribution in [0.25, 0.3) is 0 Å². The molecule has 0 aromatic carbocycles. The van der Waals surface area contributed by atoms with Gasteiger partial charge in [-0.1, -0.05) is 0 Å². The van der Waals surface area contributed by atoms with Gasteiger partial charge in [-0.3, -0.25) is 0 Å². The maximum absolute atomic E-state index is 5.59. The smallest absolute Gasteiger partial charge is 0.147 e. The van der Waals surface area contributed by atoms with Gasteiger partial charge in [-0.25, -0.2) is 15.8 Å². The average Bonchev–Trinajstić information content (AvgIpc) is 2.91.